The van der Waals surface area contributed by atoms with Gasteiger partial charge in [-0.15, -0.1) is 0 Å². The Morgan fingerprint density at radius 3 is 2.04 bits per heavy atom. The first kappa shape index (κ1) is 22.0. The van der Waals surface area contributed by atoms with Gasteiger partial charge >= 0.3 is 5.97 Å². The molecule has 9 nitrogen and oxygen atoms in total. The number of carboxylic acids is 1. The van der Waals surface area contributed by atoms with Crippen LogP contribution in [0.15, 0.2) is 29.2 Å². The molecule has 0 spiro atoms. The number of amides is 1. The van der Waals surface area contributed by atoms with Gasteiger partial charge < -0.3 is 19.9 Å². The molecule has 0 aromatic heterocycles. The van der Waals surface area contributed by atoms with Gasteiger partial charge in [-0.3, -0.25) is 9.59 Å². The third-order valence-corrected chi connectivity index (χ3v) is 5.47. The van der Waals surface area contributed by atoms with Gasteiger partial charge in [-0.05, 0) is 31.2 Å². The first-order valence-corrected chi connectivity index (χ1v) is 9.29. The molecule has 146 valence electrons. The topological polar surface area (TPSA) is 122 Å². The Kier molecular flexibility index (Phi) is 8.66. The van der Waals surface area contributed by atoms with Crippen LogP contribution in [0.4, 0.5) is 0 Å². The lowest BCUT2D eigenvalue weighted by Gasteiger charge is -2.21. The lowest BCUT2D eigenvalue weighted by atomic mass is 10.2. The summed E-state index contributed by atoms with van der Waals surface area (Å²) in [4.78, 5) is 22.8. The Morgan fingerprint density at radius 2 is 1.62 bits per heavy atom. The fraction of sp³-hybridized carbons (Fsp3) is 0.500. The zero-order valence-electron chi connectivity index (χ0n) is 15.0. The van der Waals surface area contributed by atoms with E-state index in [1.165, 1.54) is 49.7 Å². The zero-order chi connectivity index (χ0) is 19.7. The highest BCUT2D eigenvalue weighted by molar-refractivity contribution is 7.89. The van der Waals surface area contributed by atoms with Crippen LogP contribution in [0.25, 0.3) is 0 Å². The molecule has 0 bridgehead atoms. The Bertz CT molecular complexity index is 696. The number of hydrogen-bond acceptors (Lipinski definition) is 6. The van der Waals surface area contributed by atoms with Crippen molar-refractivity contribution >= 4 is 21.9 Å². The van der Waals surface area contributed by atoms with Gasteiger partial charge in [0.25, 0.3) is 5.91 Å². The van der Waals surface area contributed by atoms with E-state index in [0.717, 1.165) is 0 Å². The molecule has 1 amide bonds. The molecule has 0 heterocycles. The van der Waals surface area contributed by atoms with Crippen LogP contribution in [-0.2, 0) is 24.3 Å². The maximum Gasteiger partial charge on any atom is 0.325 e. The molecular weight excluding hydrogens is 364 g/mol. The molecule has 1 atom stereocenters. The largest absolute Gasteiger partial charge is 0.480 e. The van der Waals surface area contributed by atoms with Crippen molar-refractivity contribution in [2.45, 2.75) is 17.9 Å². The number of methoxy groups -OCH3 is 2. The van der Waals surface area contributed by atoms with Crippen molar-refractivity contribution in [2.24, 2.45) is 0 Å². The number of sulfonamides is 1. The van der Waals surface area contributed by atoms with E-state index in [1.54, 1.807) is 0 Å². The monoisotopic (exact) mass is 388 g/mol. The average Bonchev–Trinajstić information content (AvgIpc) is 2.61. The first-order valence-electron chi connectivity index (χ1n) is 7.85. The van der Waals surface area contributed by atoms with E-state index in [2.05, 4.69) is 5.32 Å². The molecule has 1 rings (SSSR count). The molecule has 0 aliphatic rings. The highest BCUT2D eigenvalue weighted by Gasteiger charge is 2.24. The summed E-state index contributed by atoms with van der Waals surface area (Å²) in [5.74, 6) is -1.76. The van der Waals surface area contributed by atoms with Crippen LogP contribution in [0.3, 0.4) is 0 Å². The first-order chi connectivity index (χ1) is 12.2. The Balaban J connectivity index is 2.96. The minimum Gasteiger partial charge on any atom is -0.480 e. The highest BCUT2D eigenvalue weighted by Crippen LogP contribution is 2.16. The Hall–Kier alpha value is -2.01. The van der Waals surface area contributed by atoms with Crippen molar-refractivity contribution in [3.63, 3.8) is 0 Å². The number of carbonyl (C=O) groups excluding carboxylic acids is 1. The summed E-state index contributed by atoms with van der Waals surface area (Å²) in [6, 6.07) is 4.23. The lowest BCUT2D eigenvalue weighted by Crippen LogP contribution is -2.38. The van der Waals surface area contributed by atoms with E-state index < -0.39 is 27.9 Å². The van der Waals surface area contributed by atoms with Crippen molar-refractivity contribution in [1.29, 1.82) is 0 Å². The number of carbonyl (C=O) groups is 2. The van der Waals surface area contributed by atoms with Gasteiger partial charge in [-0.2, -0.15) is 4.31 Å². The minimum atomic E-state index is -3.78. The molecule has 0 radical (unpaired) electrons. The smallest absolute Gasteiger partial charge is 0.325 e. The van der Waals surface area contributed by atoms with E-state index in [1.807, 2.05) is 0 Å². The molecule has 10 heteroatoms. The second-order valence-electron chi connectivity index (χ2n) is 5.45. The van der Waals surface area contributed by atoms with E-state index in [-0.39, 0.29) is 36.8 Å². The van der Waals surface area contributed by atoms with Gasteiger partial charge in [-0.25, -0.2) is 8.42 Å². The summed E-state index contributed by atoms with van der Waals surface area (Å²) < 4.78 is 36.6. The van der Waals surface area contributed by atoms with Crippen LogP contribution in [0, 0.1) is 0 Å². The summed E-state index contributed by atoms with van der Waals surface area (Å²) in [6.45, 7) is 2.14. The van der Waals surface area contributed by atoms with E-state index in [9.17, 15) is 18.0 Å². The fourth-order valence-electron chi connectivity index (χ4n) is 2.01. The van der Waals surface area contributed by atoms with Gasteiger partial charge in [-0.1, -0.05) is 0 Å². The van der Waals surface area contributed by atoms with Crippen LogP contribution >= 0.6 is 0 Å². The summed E-state index contributed by atoms with van der Waals surface area (Å²) in [5, 5.41) is 11.1. The van der Waals surface area contributed by atoms with Crippen molar-refractivity contribution in [1.82, 2.24) is 9.62 Å². The molecule has 0 saturated carbocycles. The molecule has 0 aliphatic heterocycles. The molecule has 0 fully saturated rings. The SMILES string of the molecule is COCCN(CCOC)S(=O)(=O)c1ccc(C(=O)N[C@H](C)C(=O)O)cc1. The quantitative estimate of drug-likeness (QED) is 0.554. The van der Waals surface area contributed by atoms with Gasteiger partial charge in [0.05, 0.1) is 18.1 Å². The van der Waals surface area contributed by atoms with E-state index in [4.69, 9.17) is 14.6 Å². The molecule has 0 aliphatic carbocycles. The van der Waals surface area contributed by atoms with Crippen molar-refractivity contribution in [3.05, 3.63) is 29.8 Å². The predicted molar refractivity (Wildman–Crippen MR) is 93.5 cm³/mol. The normalized spacial score (nSPS) is 12.8. The number of hydrogen-bond donors (Lipinski definition) is 2. The van der Waals surface area contributed by atoms with Gasteiger partial charge in [0.2, 0.25) is 10.0 Å². The van der Waals surface area contributed by atoms with Gasteiger partial charge in [0.15, 0.2) is 0 Å². The second kappa shape index (κ2) is 10.2. The fourth-order valence-corrected chi connectivity index (χ4v) is 3.42. The molecule has 0 saturated heterocycles. The maximum atomic E-state index is 12.7. The summed E-state index contributed by atoms with van der Waals surface area (Å²) >= 11 is 0. The summed E-state index contributed by atoms with van der Waals surface area (Å²) in [5.41, 5.74) is 0.164. The molecule has 1 aromatic rings. The predicted octanol–water partition coefficient (Wildman–Crippen LogP) is 0.173. The number of rotatable bonds is 11. The average molecular weight is 388 g/mol. The van der Waals surface area contributed by atoms with Crippen LogP contribution in [0.1, 0.15) is 17.3 Å². The van der Waals surface area contributed by atoms with Crippen molar-refractivity contribution in [2.75, 3.05) is 40.5 Å². The Labute approximate surface area is 152 Å². The van der Waals surface area contributed by atoms with Crippen LogP contribution in [0.2, 0.25) is 0 Å². The van der Waals surface area contributed by atoms with Crippen molar-refractivity contribution < 1.29 is 32.6 Å². The standard InChI is InChI=1S/C16H24N2O7S/c1-12(16(20)21)17-15(19)13-4-6-14(7-5-13)26(22,23)18(8-10-24-2)9-11-25-3/h4-7,12H,8-11H2,1-3H3,(H,17,19)(H,20,21)/t12-/m1/s1. The third kappa shape index (κ3) is 6.06. The molecule has 0 unspecified atom stereocenters. The van der Waals surface area contributed by atoms with E-state index in [0.29, 0.717) is 0 Å². The van der Waals surface area contributed by atoms with Crippen LogP contribution in [-0.4, -0.2) is 76.3 Å². The minimum absolute atomic E-state index is 0.0209. The zero-order valence-corrected chi connectivity index (χ0v) is 15.8. The summed E-state index contributed by atoms with van der Waals surface area (Å²) in [6.07, 6.45) is 0. The molecule has 2 N–H and O–H groups in total. The highest BCUT2D eigenvalue weighted by atomic mass is 32.2. The molecule has 26 heavy (non-hydrogen) atoms. The van der Waals surface area contributed by atoms with Crippen LogP contribution < -0.4 is 5.32 Å². The number of carboxylic acid groups (broad SMARTS) is 1. The number of aliphatic carboxylic acids is 1. The Morgan fingerprint density at radius 1 is 1.12 bits per heavy atom. The number of nitrogens with one attached hydrogen (secondary N) is 1. The summed E-state index contributed by atoms with van der Waals surface area (Å²) in [7, 11) is -0.819. The molecule has 1 aromatic carbocycles. The lowest BCUT2D eigenvalue weighted by molar-refractivity contribution is -0.138. The second-order valence-corrected chi connectivity index (χ2v) is 7.39. The molecular formula is C16H24N2O7S. The van der Waals surface area contributed by atoms with Gasteiger partial charge in [0.1, 0.15) is 6.04 Å². The van der Waals surface area contributed by atoms with Gasteiger partial charge in [0, 0.05) is 32.9 Å². The number of ether oxygens (including phenoxy) is 2. The maximum absolute atomic E-state index is 12.7. The third-order valence-electron chi connectivity index (χ3n) is 3.56. The van der Waals surface area contributed by atoms with E-state index >= 15 is 0 Å². The number of benzene rings is 1. The van der Waals surface area contributed by atoms with Crippen molar-refractivity contribution in [3.8, 4) is 0 Å². The van der Waals surface area contributed by atoms with Crippen LogP contribution in [0.5, 0.6) is 0 Å². The number of nitrogens with zero attached hydrogens (tertiary/aromatic N) is 1.